The lowest BCUT2D eigenvalue weighted by Crippen LogP contribution is -2.44. The molecule has 2 heterocycles. The van der Waals surface area contributed by atoms with E-state index in [1.807, 2.05) is 36.1 Å². The Bertz CT molecular complexity index is 744. The summed E-state index contributed by atoms with van der Waals surface area (Å²) in [6.45, 7) is 6.57. The standard InChI is InChI=1S/C18H22N2O3S/c1-12-11-16(19-17-14(12)5-4-6-15(17)22-3)24-13(2)18(21)20-7-9-23-10-8-20/h4-6,11,13H,7-10H2,1-3H3/t13-/m1/s1. The van der Waals surface area contributed by atoms with Gasteiger partial charge in [0.25, 0.3) is 0 Å². The number of aromatic nitrogens is 1. The van der Waals surface area contributed by atoms with E-state index in [0.717, 1.165) is 27.2 Å². The smallest absolute Gasteiger partial charge is 0.235 e. The molecular weight excluding hydrogens is 324 g/mol. The molecule has 0 radical (unpaired) electrons. The van der Waals surface area contributed by atoms with Gasteiger partial charge in [-0.05, 0) is 31.5 Å². The predicted octanol–water partition coefficient (Wildman–Crippen LogP) is 2.89. The molecule has 3 rings (SSSR count). The quantitative estimate of drug-likeness (QED) is 0.797. The second kappa shape index (κ2) is 7.40. The predicted molar refractivity (Wildman–Crippen MR) is 95.8 cm³/mol. The first kappa shape index (κ1) is 17.0. The summed E-state index contributed by atoms with van der Waals surface area (Å²) >= 11 is 1.49. The van der Waals surface area contributed by atoms with Gasteiger partial charge in [-0.2, -0.15) is 0 Å². The van der Waals surface area contributed by atoms with Crippen LogP contribution in [-0.2, 0) is 9.53 Å². The molecule has 1 aliphatic rings. The zero-order chi connectivity index (χ0) is 17.1. The van der Waals surface area contributed by atoms with Crippen LogP contribution in [0.5, 0.6) is 5.75 Å². The fourth-order valence-electron chi connectivity index (χ4n) is 2.86. The Morgan fingerprint density at radius 2 is 2.12 bits per heavy atom. The van der Waals surface area contributed by atoms with Crippen LogP contribution in [0.4, 0.5) is 0 Å². The topological polar surface area (TPSA) is 51.7 Å². The van der Waals surface area contributed by atoms with Crippen LogP contribution in [0.25, 0.3) is 10.9 Å². The van der Waals surface area contributed by atoms with Crippen molar-refractivity contribution < 1.29 is 14.3 Å². The number of para-hydroxylation sites is 1. The van der Waals surface area contributed by atoms with E-state index in [1.54, 1.807) is 7.11 Å². The van der Waals surface area contributed by atoms with E-state index in [9.17, 15) is 4.79 Å². The molecule has 1 atom stereocenters. The van der Waals surface area contributed by atoms with E-state index >= 15 is 0 Å². The minimum atomic E-state index is -0.179. The van der Waals surface area contributed by atoms with Gasteiger partial charge in [0, 0.05) is 18.5 Å². The van der Waals surface area contributed by atoms with Crippen LogP contribution in [0, 0.1) is 6.92 Å². The van der Waals surface area contributed by atoms with Gasteiger partial charge in [0.15, 0.2) is 0 Å². The number of methoxy groups -OCH3 is 1. The molecule has 1 aromatic carbocycles. The molecule has 0 spiro atoms. The third kappa shape index (κ3) is 3.49. The average molecular weight is 346 g/mol. The number of hydrogen-bond donors (Lipinski definition) is 0. The number of aryl methyl sites for hydroxylation is 1. The molecule has 0 unspecified atom stereocenters. The Morgan fingerprint density at radius 3 is 2.83 bits per heavy atom. The summed E-state index contributed by atoms with van der Waals surface area (Å²) in [6, 6.07) is 7.95. The van der Waals surface area contributed by atoms with Crippen molar-refractivity contribution in [2.75, 3.05) is 33.4 Å². The highest BCUT2D eigenvalue weighted by Gasteiger charge is 2.24. The lowest BCUT2D eigenvalue weighted by atomic mass is 10.1. The van der Waals surface area contributed by atoms with Crippen molar-refractivity contribution in [3.8, 4) is 5.75 Å². The van der Waals surface area contributed by atoms with Crippen LogP contribution in [0.1, 0.15) is 12.5 Å². The minimum absolute atomic E-state index is 0.142. The molecule has 0 aliphatic carbocycles. The van der Waals surface area contributed by atoms with E-state index in [2.05, 4.69) is 6.92 Å². The normalized spacial score (nSPS) is 16.2. The number of carbonyl (C=O) groups excluding carboxylic acids is 1. The number of thioether (sulfide) groups is 1. The zero-order valence-corrected chi connectivity index (χ0v) is 15.1. The molecular formula is C18H22N2O3S. The second-order valence-corrected chi connectivity index (χ2v) is 7.19. The Morgan fingerprint density at radius 1 is 1.38 bits per heavy atom. The summed E-state index contributed by atoms with van der Waals surface area (Å²) in [7, 11) is 1.65. The second-order valence-electron chi connectivity index (χ2n) is 5.83. The Labute approximate surface area is 146 Å². The monoisotopic (exact) mass is 346 g/mol. The first-order chi connectivity index (χ1) is 11.6. The molecule has 6 heteroatoms. The number of amides is 1. The van der Waals surface area contributed by atoms with Gasteiger partial charge < -0.3 is 14.4 Å². The molecule has 128 valence electrons. The highest BCUT2D eigenvalue weighted by molar-refractivity contribution is 8.00. The fourth-order valence-corrected chi connectivity index (χ4v) is 3.86. The largest absolute Gasteiger partial charge is 0.494 e. The molecule has 1 amide bonds. The summed E-state index contributed by atoms with van der Waals surface area (Å²) < 4.78 is 10.7. The third-order valence-corrected chi connectivity index (χ3v) is 5.18. The van der Waals surface area contributed by atoms with E-state index in [-0.39, 0.29) is 11.2 Å². The molecule has 5 nitrogen and oxygen atoms in total. The minimum Gasteiger partial charge on any atom is -0.494 e. The zero-order valence-electron chi connectivity index (χ0n) is 14.2. The number of fused-ring (bicyclic) bond motifs is 1. The molecule has 1 saturated heterocycles. The van der Waals surface area contributed by atoms with E-state index in [4.69, 9.17) is 14.5 Å². The van der Waals surface area contributed by atoms with E-state index < -0.39 is 0 Å². The molecule has 1 fully saturated rings. The van der Waals surface area contributed by atoms with Crippen molar-refractivity contribution in [1.82, 2.24) is 9.88 Å². The molecule has 0 saturated carbocycles. The van der Waals surface area contributed by atoms with Gasteiger partial charge in [-0.25, -0.2) is 4.98 Å². The van der Waals surface area contributed by atoms with Gasteiger partial charge >= 0.3 is 0 Å². The molecule has 24 heavy (non-hydrogen) atoms. The number of hydrogen-bond acceptors (Lipinski definition) is 5. The fraction of sp³-hybridized carbons (Fsp3) is 0.444. The van der Waals surface area contributed by atoms with Crippen LogP contribution in [0.15, 0.2) is 29.3 Å². The van der Waals surface area contributed by atoms with Crippen LogP contribution in [-0.4, -0.2) is 54.5 Å². The molecule has 0 N–H and O–H groups in total. The number of rotatable bonds is 4. The molecule has 1 aliphatic heterocycles. The Balaban J connectivity index is 1.82. The molecule has 1 aromatic heterocycles. The number of benzene rings is 1. The summed E-state index contributed by atoms with van der Waals surface area (Å²) in [6.07, 6.45) is 0. The van der Waals surface area contributed by atoms with Crippen molar-refractivity contribution in [3.05, 3.63) is 29.8 Å². The summed E-state index contributed by atoms with van der Waals surface area (Å²) in [4.78, 5) is 19.2. The number of morpholine rings is 1. The number of pyridine rings is 1. The highest BCUT2D eigenvalue weighted by Crippen LogP contribution is 2.31. The lowest BCUT2D eigenvalue weighted by Gasteiger charge is -2.29. The van der Waals surface area contributed by atoms with Gasteiger partial charge in [-0.1, -0.05) is 23.9 Å². The van der Waals surface area contributed by atoms with Gasteiger partial charge in [0.1, 0.15) is 11.3 Å². The van der Waals surface area contributed by atoms with Gasteiger partial charge in [0.2, 0.25) is 5.91 Å². The first-order valence-corrected chi connectivity index (χ1v) is 8.95. The maximum Gasteiger partial charge on any atom is 0.235 e. The van der Waals surface area contributed by atoms with E-state index in [0.29, 0.717) is 26.3 Å². The van der Waals surface area contributed by atoms with Gasteiger partial charge in [0.05, 0.1) is 30.6 Å². The number of carbonyl (C=O) groups is 1. The van der Waals surface area contributed by atoms with Crippen molar-refractivity contribution in [3.63, 3.8) is 0 Å². The summed E-state index contributed by atoms with van der Waals surface area (Å²) in [5, 5.41) is 1.74. The maximum atomic E-state index is 12.6. The Hall–Kier alpha value is -1.79. The summed E-state index contributed by atoms with van der Waals surface area (Å²) in [5.41, 5.74) is 1.97. The SMILES string of the molecule is COc1cccc2c(C)cc(S[C@H](C)C(=O)N3CCOCC3)nc12. The van der Waals surface area contributed by atoms with Crippen molar-refractivity contribution in [2.24, 2.45) is 0 Å². The van der Waals surface area contributed by atoms with Crippen LogP contribution in [0.3, 0.4) is 0 Å². The van der Waals surface area contributed by atoms with Crippen LogP contribution >= 0.6 is 11.8 Å². The van der Waals surface area contributed by atoms with Gasteiger partial charge in [-0.15, -0.1) is 0 Å². The molecule has 0 bridgehead atoms. The maximum absolute atomic E-state index is 12.6. The lowest BCUT2D eigenvalue weighted by molar-refractivity contribution is -0.134. The number of nitrogens with zero attached hydrogens (tertiary/aromatic N) is 2. The van der Waals surface area contributed by atoms with E-state index in [1.165, 1.54) is 11.8 Å². The van der Waals surface area contributed by atoms with Crippen LogP contribution < -0.4 is 4.74 Å². The first-order valence-electron chi connectivity index (χ1n) is 8.07. The highest BCUT2D eigenvalue weighted by atomic mass is 32.2. The molecule has 2 aromatic rings. The van der Waals surface area contributed by atoms with Gasteiger partial charge in [-0.3, -0.25) is 4.79 Å². The van der Waals surface area contributed by atoms with Crippen LogP contribution in [0.2, 0.25) is 0 Å². The van der Waals surface area contributed by atoms with Crippen molar-refractivity contribution >= 4 is 28.6 Å². The average Bonchev–Trinajstić information content (AvgIpc) is 2.61. The third-order valence-electron chi connectivity index (χ3n) is 4.17. The Kier molecular flexibility index (Phi) is 5.26. The summed E-state index contributed by atoms with van der Waals surface area (Å²) in [5.74, 6) is 0.896. The van der Waals surface area contributed by atoms with Crippen molar-refractivity contribution in [2.45, 2.75) is 24.1 Å². The van der Waals surface area contributed by atoms with Crippen molar-refractivity contribution in [1.29, 1.82) is 0 Å². The number of ether oxygens (including phenoxy) is 2.